The number of nitrogens with two attached hydrogens (primary N) is 1. The molecular weight excluding hydrogens is 212 g/mol. The molecule has 0 aliphatic rings. The fourth-order valence-corrected chi connectivity index (χ4v) is 0.473. The lowest BCUT2D eigenvalue weighted by atomic mass is 10.4. The van der Waals surface area contributed by atoms with E-state index in [2.05, 4.69) is 14.7 Å². The SMILES string of the molecule is COC(=O)C(C)=NOCC(O)CN.Cl. The molecule has 0 amide bonds. The average Bonchev–Trinajstić information content (AvgIpc) is 2.15. The first-order valence-corrected chi connectivity index (χ1v) is 3.74. The molecule has 1 unspecified atom stereocenters. The zero-order valence-corrected chi connectivity index (χ0v) is 8.91. The average molecular weight is 227 g/mol. The molecule has 0 aromatic carbocycles. The van der Waals surface area contributed by atoms with Gasteiger partial charge in [0.1, 0.15) is 12.7 Å². The molecule has 0 aromatic rings. The van der Waals surface area contributed by atoms with Crippen LogP contribution in [0.1, 0.15) is 6.92 Å². The number of rotatable bonds is 5. The molecule has 6 nitrogen and oxygen atoms in total. The number of carbonyl (C=O) groups is 1. The second kappa shape index (κ2) is 8.74. The largest absolute Gasteiger partial charge is 0.464 e. The molecule has 1 atom stereocenters. The summed E-state index contributed by atoms with van der Waals surface area (Å²) in [6.07, 6.45) is -0.769. The molecule has 0 bridgehead atoms. The van der Waals surface area contributed by atoms with E-state index in [9.17, 15) is 4.79 Å². The number of hydrogen-bond acceptors (Lipinski definition) is 6. The predicted molar refractivity (Wildman–Crippen MR) is 53.4 cm³/mol. The molecule has 3 N–H and O–H groups in total. The van der Waals surface area contributed by atoms with Gasteiger partial charge in [-0.2, -0.15) is 0 Å². The van der Waals surface area contributed by atoms with Crippen LogP contribution in [0.2, 0.25) is 0 Å². The molecule has 14 heavy (non-hydrogen) atoms. The summed E-state index contributed by atoms with van der Waals surface area (Å²) in [5.41, 5.74) is 5.19. The van der Waals surface area contributed by atoms with Gasteiger partial charge in [0.2, 0.25) is 0 Å². The van der Waals surface area contributed by atoms with Gasteiger partial charge in [0.15, 0.2) is 5.71 Å². The Labute approximate surface area is 88.5 Å². The van der Waals surface area contributed by atoms with Crippen molar-refractivity contribution in [3.63, 3.8) is 0 Å². The van der Waals surface area contributed by atoms with Gasteiger partial charge >= 0.3 is 5.97 Å². The molecule has 84 valence electrons. The number of aliphatic hydroxyl groups excluding tert-OH is 1. The highest BCUT2D eigenvalue weighted by molar-refractivity contribution is 6.35. The summed E-state index contributed by atoms with van der Waals surface area (Å²) >= 11 is 0. The number of oxime groups is 1. The Morgan fingerprint density at radius 2 is 2.21 bits per heavy atom. The topological polar surface area (TPSA) is 94.1 Å². The Bertz CT molecular complexity index is 198. The van der Waals surface area contributed by atoms with Crippen LogP contribution in [0.5, 0.6) is 0 Å². The van der Waals surface area contributed by atoms with Crippen LogP contribution in [0, 0.1) is 0 Å². The highest BCUT2D eigenvalue weighted by Gasteiger charge is 2.06. The van der Waals surface area contributed by atoms with Crippen molar-refractivity contribution in [1.82, 2.24) is 0 Å². The number of carbonyl (C=O) groups excluding carboxylic acids is 1. The van der Waals surface area contributed by atoms with Crippen LogP contribution in [-0.4, -0.2) is 43.2 Å². The highest BCUT2D eigenvalue weighted by Crippen LogP contribution is 1.87. The molecule has 0 rings (SSSR count). The molecule has 0 spiro atoms. The van der Waals surface area contributed by atoms with E-state index in [-0.39, 0.29) is 31.3 Å². The smallest absolute Gasteiger partial charge is 0.355 e. The van der Waals surface area contributed by atoms with Crippen molar-refractivity contribution in [3.8, 4) is 0 Å². The van der Waals surface area contributed by atoms with Gasteiger partial charge in [-0.1, -0.05) is 5.16 Å². The van der Waals surface area contributed by atoms with Gasteiger partial charge in [0.25, 0.3) is 0 Å². The number of hydrogen-bond donors (Lipinski definition) is 2. The van der Waals surface area contributed by atoms with Crippen LogP contribution >= 0.6 is 12.4 Å². The monoisotopic (exact) mass is 226 g/mol. The summed E-state index contributed by atoms with van der Waals surface area (Å²) in [5, 5.41) is 12.3. The number of aliphatic hydroxyl groups is 1. The molecule has 0 aromatic heterocycles. The van der Waals surface area contributed by atoms with E-state index in [1.165, 1.54) is 14.0 Å². The lowest BCUT2D eigenvalue weighted by Gasteiger charge is -2.05. The van der Waals surface area contributed by atoms with Crippen molar-refractivity contribution in [1.29, 1.82) is 0 Å². The molecule has 0 fully saturated rings. The van der Waals surface area contributed by atoms with Crippen LogP contribution < -0.4 is 5.73 Å². The van der Waals surface area contributed by atoms with E-state index in [4.69, 9.17) is 10.8 Å². The quantitative estimate of drug-likeness (QED) is 0.367. The van der Waals surface area contributed by atoms with E-state index in [1.54, 1.807) is 0 Å². The van der Waals surface area contributed by atoms with Crippen molar-refractivity contribution in [2.45, 2.75) is 13.0 Å². The maximum Gasteiger partial charge on any atom is 0.355 e. The number of nitrogens with zero attached hydrogens (tertiary/aromatic N) is 1. The summed E-state index contributed by atoms with van der Waals surface area (Å²) < 4.78 is 4.36. The van der Waals surface area contributed by atoms with Gasteiger partial charge in [-0.15, -0.1) is 12.4 Å². The van der Waals surface area contributed by atoms with Gasteiger partial charge in [0, 0.05) is 6.54 Å². The second-order valence-corrected chi connectivity index (χ2v) is 2.35. The molecule has 0 saturated heterocycles. The van der Waals surface area contributed by atoms with Gasteiger partial charge in [-0.05, 0) is 6.92 Å². The minimum Gasteiger partial charge on any atom is -0.464 e. The van der Waals surface area contributed by atoms with Crippen LogP contribution in [0.25, 0.3) is 0 Å². The van der Waals surface area contributed by atoms with Crippen LogP contribution in [0.4, 0.5) is 0 Å². The zero-order chi connectivity index (χ0) is 10.3. The van der Waals surface area contributed by atoms with E-state index in [0.717, 1.165) is 0 Å². The lowest BCUT2D eigenvalue weighted by molar-refractivity contribution is -0.133. The maximum absolute atomic E-state index is 10.7. The molecule has 0 aliphatic carbocycles. The number of esters is 1. The van der Waals surface area contributed by atoms with E-state index in [1.807, 2.05) is 0 Å². The Hall–Kier alpha value is -0.850. The number of halogens is 1. The Balaban J connectivity index is 0. The van der Waals surface area contributed by atoms with Crippen LogP contribution in [0.15, 0.2) is 5.16 Å². The normalized spacial score (nSPS) is 12.7. The van der Waals surface area contributed by atoms with Gasteiger partial charge in [0.05, 0.1) is 7.11 Å². The Morgan fingerprint density at radius 1 is 1.64 bits per heavy atom. The summed E-state index contributed by atoms with van der Waals surface area (Å²) in [7, 11) is 1.25. The Morgan fingerprint density at radius 3 is 2.64 bits per heavy atom. The first kappa shape index (κ1) is 15.6. The van der Waals surface area contributed by atoms with E-state index in [0.29, 0.717) is 0 Å². The van der Waals surface area contributed by atoms with Crippen LogP contribution in [-0.2, 0) is 14.4 Å². The van der Waals surface area contributed by atoms with Crippen LogP contribution in [0.3, 0.4) is 0 Å². The lowest BCUT2D eigenvalue weighted by Crippen LogP contribution is -2.24. The first-order chi connectivity index (χ1) is 6.11. The minimum atomic E-state index is -0.769. The molecule has 0 heterocycles. The van der Waals surface area contributed by atoms with Crippen molar-refractivity contribution < 1.29 is 19.5 Å². The molecule has 0 saturated carbocycles. The van der Waals surface area contributed by atoms with Crippen molar-refractivity contribution in [2.24, 2.45) is 10.9 Å². The maximum atomic E-state index is 10.7. The predicted octanol–water partition coefficient (Wildman–Crippen LogP) is -0.707. The summed E-state index contributed by atoms with van der Waals surface area (Å²) in [6.45, 7) is 1.50. The van der Waals surface area contributed by atoms with Crippen molar-refractivity contribution in [2.75, 3.05) is 20.3 Å². The zero-order valence-electron chi connectivity index (χ0n) is 8.10. The summed E-state index contributed by atoms with van der Waals surface area (Å²) in [6, 6.07) is 0. The van der Waals surface area contributed by atoms with Gasteiger partial charge in [-0.25, -0.2) is 4.79 Å². The molecule has 7 heteroatoms. The minimum absolute atomic E-state index is 0. The number of methoxy groups -OCH3 is 1. The molecular formula is C7H15ClN2O4. The van der Waals surface area contributed by atoms with Crippen molar-refractivity contribution >= 4 is 24.1 Å². The molecule has 0 aliphatic heterocycles. The first-order valence-electron chi connectivity index (χ1n) is 3.74. The third kappa shape index (κ3) is 6.64. The van der Waals surface area contributed by atoms with Gasteiger partial charge < -0.3 is 20.4 Å². The molecule has 0 radical (unpaired) electrons. The third-order valence-electron chi connectivity index (χ3n) is 1.22. The fraction of sp³-hybridized carbons (Fsp3) is 0.714. The fourth-order valence-electron chi connectivity index (χ4n) is 0.473. The van der Waals surface area contributed by atoms with E-state index >= 15 is 0 Å². The second-order valence-electron chi connectivity index (χ2n) is 2.35. The standard InChI is InChI=1S/C7H14N2O4.ClH/c1-5(7(11)12-2)9-13-4-6(10)3-8;/h6,10H,3-4,8H2,1-2H3;1H. The van der Waals surface area contributed by atoms with Crippen molar-refractivity contribution in [3.05, 3.63) is 0 Å². The highest BCUT2D eigenvalue weighted by atomic mass is 35.5. The summed E-state index contributed by atoms with van der Waals surface area (Å²) in [4.78, 5) is 15.4. The summed E-state index contributed by atoms with van der Waals surface area (Å²) in [5.74, 6) is -0.567. The van der Waals surface area contributed by atoms with Gasteiger partial charge in [-0.3, -0.25) is 0 Å². The number of ether oxygens (including phenoxy) is 1. The van der Waals surface area contributed by atoms with E-state index < -0.39 is 12.1 Å². The third-order valence-corrected chi connectivity index (χ3v) is 1.22. The Kier molecular flexibility index (Phi) is 9.74.